The molecule has 9 nitrogen and oxygen atoms in total. The Kier molecular flexibility index (Phi) is 4.21. The van der Waals surface area contributed by atoms with Crippen LogP contribution in [0.2, 0.25) is 0 Å². The van der Waals surface area contributed by atoms with Gasteiger partial charge in [-0.3, -0.25) is 0 Å². The van der Waals surface area contributed by atoms with Crippen LogP contribution >= 0.6 is 0 Å². The molecule has 2 unspecified atom stereocenters. The van der Waals surface area contributed by atoms with E-state index in [0.29, 0.717) is 48.9 Å². The van der Waals surface area contributed by atoms with E-state index in [9.17, 15) is 23.1 Å². The van der Waals surface area contributed by atoms with Crippen molar-refractivity contribution in [2.75, 3.05) is 35.2 Å². The van der Waals surface area contributed by atoms with Crippen LogP contribution in [0, 0.1) is 5.92 Å². The van der Waals surface area contributed by atoms with Gasteiger partial charge in [-0.2, -0.15) is 18.2 Å². The number of carboxylic acid groups (broad SMARTS) is 1. The van der Waals surface area contributed by atoms with E-state index in [-0.39, 0.29) is 17.6 Å². The fraction of sp³-hybridized carbons (Fsp3) is 0.524. The fourth-order valence-electron chi connectivity index (χ4n) is 5.65. The van der Waals surface area contributed by atoms with Crippen LogP contribution in [0.5, 0.6) is 0 Å². The Bertz CT molecular complexity index is 1140. The Labute approximate surface area is 187 Å². The summed E-state index contributed by atoms with van der Waals surface area (Å²) in [6.45, 7) is 1.71. The number of aromatic nitrogens is 3. The second-order valence-corrected chi connectivity index (χ2v) is 9.34. The number of piperazine rings is 1. The number of hydrogen-bond donors (Lipinski definition) is 2. The Morgan fingerprint density at radius 3 is 2.42 bits per heavy atom. The fourth-order valence-corrected chi connectivity index (χ4v) is 5.65. The van der Waals surface area contributed by atoms with Gasteiger partial charge in [0.1, 0.15) is 11.6 Å². The molecule has 12 heteroatoms. The monoisotopic (exact) mass is 461 g/mol. The number of nitrogens with zero attached hydrogens (tertiary/aromatic N) is 6. The lowest BCUT2D eigenvalue weighted by Crippen LogP contribution is -2.48. The number of nitrogens with two attached hydrogens (primary N) is 1. The average Bonchev–Trinajstić information content (AvgIpc) is 3.51. The van der Waals surface area contributed by atoms with Crippen molar-refractivity contribution in [2.24, 2.45) is 5.92 Å². The van der Waals surface area contributed by atoms with Crippen LogP contribution in [0.4, 0.5) is 35.5 Å². The van der Waals surface area contributed by atoms with E-state index in [2.05, 4.69) is 19.8 Å². The van der Waals surface area contributed by atoms with Gasteiger partial charge in [0.15, 0.2) is 0 Å². The molecule has 1 aliphatic carbocycles. The van der Waals surface area contributed by atoms with Crippen LogP contribution in [0.3, 0.4) is 0 Å². The molecule has 1 amide bonds. The molecule has 4 aliphatic heterocycles. The Balaban J connectivity index is 1.40. The van der Waals surface area contributed by atoms with E-state index in [1.54, 1.807) is 6.07 Å². The van der Waals surface area contributed by atoms with Gasteiger partial charge in [-0.05, 0) is 31.2 Å². The number of amides is 1. The first kappa shape index (κ1) is 20.3. The van der Waals surface area contributed by atoms with Crippen molar-refractivity contribution in [3.63, 3.8) is 0 Å². The predicted octanol–water partition coefficient (Wildman–Crippen LogP) is 2.68. The summed E-state index contributed by atoms with van der Waals surface area (Å²) < 4.78 is 40.3. The summed E-state index contributed by atoms with van der Waals surface area (Å²) in [4.78, 5) is 30.3. The lowest BCUT2D eigenvalue weighted by atomic mass is 9.86. The SMILES string of the molecule is Nc1ncc(-c2cc(N3CC4CC3CN4C(=O)O)nc(N3CC4CC3C4)n2)cc1C(F)(F)F. The summed E-state index contributed by atoms with van der Waals surface area (Å²) in [5, 5.41) is 9.39. The highest BCUT2D eigenvalue weighted by molar-refractivity contribution is 5.70. The highest BCUT2D eigenvalue weighted by Gasteiger charge is 2.47. The third-order valence-corrected chi connectivity index (χ3v) is 7.36. The van der Waals surface area contributed by atoms with Gasteiger partial charge in [0.25, 0.3) is 0 Å². The van der Waals surface area contributed by atoms with Crippen molar-refractivity contribution in [1.29, 1.82) is 0 Å². The van der Waals surface area contributed by atoms with Crippen molar-refractivity contribution >= 4 is 23.7 Å². The summed E-state index contributed by atoms with van der Waals surface area (Å²) in [6.07, 6.45) is -1.41. The molecule has 5 fully saturated rings. The van der Waals surface area contributed by atoms with Crippen LogP contribution < -0.4 is 15.5 Å². The Morgan fingerprint density at radius 2 is 1.82 bits per heavy atom. The number of rotatable bonds is 3. The molecule has 4 saturated heterocycles. The highest BCUT2D eigenvalue weighted by Crippen LogP contribution is 2.44. The number of nitrogen functional groups attached to an aromatic ring is 1. The van der Waals surface area contributed by atoms with Gasteiger partial charge in [-0.15, -0.1) is 0 Å². The van der Waals surface area contributed by atoms with Crippen molar-refractivity contribution in [3.05, 3.63) is 23.9 Å². The molecule has 3 N–H and O–H groups in total. The number of anilines is 3. The molecule has 2 aromatic heterocycles. The van der Waals surface area contributed by atoms with Gasteiger partial charge in [-0.25, -0.2) is 14.8 Å². The summed E-state index contributed by atoms with van der Waals surface area (Å²) >= 11 is 0. The standard InChI is InChI=1S/C21H22F3N7O2/c22-21(23,24)15-3-11(6-26-18(15)25)16-5-17(28-19(27-16)30-7-10-1-12(30)2-10)29-8-14-4-13(29)9-31(14)20(32)33/h3,5-6,10,12-14H,1-2,4,7-9H2,(H2,25,26)(H,32,33). The lowest BCUT2D eigenvalue weighted by molar-refractivity contribution is -0.137. The molecule has 7 rings (SSSR count). The number of pyridine rings is 1. The first-order valence-corrected chi connectivity index (χ1v) is 10.9. The molecular formula is C21H22F3N7O2. The van der Waals surface area contributed by atoms with Gasteiger partial charge < -0.3 is 25.5 Å². The Hall–Kier alpha value is -3.31. The molecule has 0 radical (unpaired) electrons. The van der Waals surface area contributed by atoms with E-state index in [1.165, 1.54) is 11.1 Å². The molecule has 0 spiro atoms. The number of alkyl halides is 3. The molecule has 5 aliphatic rings. The first-order chi connectivity index (χ1) is 15.7. The summed E-state index contributed by atoms with van der Waals surface area (Å²) in [6, 6.07) is 2.85. The van der Waals surface area contributed by atoms with E-state index >= 15 is 0 Å². The zero-order valence-corrected chi connectivity index (χ0v) is 17.5. The van der Waals surface area contributed by atoms with Crippen LogP contribution in [-0.2, 0) is 6.18 Å². The minimum Gasteiger partial charge on any atom is -0.465 e. The van der Waals surface area contributed by atoms with Crippen LogP contribution in [0.15, 0.2) is 18.3 Å². The van der Waals surface area contributed by atoms with E-state index in [0.717, 1.165) is 25.5 Å². The molecule has 1 saturated carbocycles. The highest BCUT2D eigenvalue weighted by atomic mass is 19.4. The molecule has 0 aromatic carbocycles. The van der Waals surface area contributed by atoms with Gasteiger partial charge >= 0.3 is 12.3 Å². The summed E-state index contributed by atoms with van der Waals surface area (Å²) in [5.74, 6) is 1.12. The van der Waals surface area contributed by atoms with Gasteiger partial charge in [0.05, 0.1) is 23.3 Å². The molecule has 2 aromatic rings. The number of carbonyl (C=O) groups is 1. The van der Waals surface area contributed by atoms with Crippen molar-refractivity contribution in [3.8, 4) is 11.3 Å². The van der Waals surface area contributed by atoms with Gasteiger partial charge in [-0.1, -0.05) is 0 Å². The number of hydrogen-bond acceptors (Lipinski definition) is 7. The predicted molar refractivity (Wildman–Crippen MR) is 113 cm³/mol. The Morgan fingerprint density at radius 1 is 1.03 bits per heavy atom. The van der Waals surface area contributed by atoms with Crippen molar-refractivity contribution in [2.45, 2.75) is 43.6 Å². The van der Waals surface area contributed by atoms with Crippen molar-refractivity contribution in [1.82, 2.24) is 19.9 Å². The number of likely N-dealkylation sites (tertiary alicyclic amines) is 1. The molecule has 33 heavy (non-hydrogen) atoms. The van der Waals surface area contributed by atoms with Crippen LogP contribution in [0.1, 0.15) is 24.8 Å². The quantitative estimate of drug-likeness (QED) is 0.718. The third-order valence-electron chi connectivity index (χ3n) is 7.36. The number of halogens is 3. The minimum absolute atomic E-state index is 0.0239. The number of fused-ring (bicyclic) bond motifs is 3. The first-order valence-electron chi connectivity index (χ1n) is 10.9. The normalized spacial score (nSPS) is 27.9. The van der Waals surface area contributed by atoms with Crippen molar-refractivity contribution < 1.29 is 23.1 Å². The second kappa shape index (κ2) is 6.84. The zero-order chi connectivity index (χ0) is 23.1. The molecule has 4 bridgehead atoms. The summed E-state index contributed by atoms with van der Waals surface area (Å²) in [7, 11) is 0. The van der Waals surface area contributed by atoms with E-state index in [4.69, 9.17) is 10.7 Å². The molecule has 2 atom stereocenters. The van der Waals surface area contributed by atoms with Gasteiger partial charge in [0.2, 0.25) is 5.95 Å². The van der Waals surface area contributed by atoms with Crippen LogP contribution in [0.25, 0.3) is 11.3 Å². The molecular weight excluding hydrogens is 439 g/mol. The maximum Gasteiger partial charge on any atom is 0.419 e. The van der Waals surface area contributed by atoms with E-state index < -0.39 is 23.7 Å². The van der Waals surface area contributed by atoms with E-state index in [1.807, 2.05) is 0 Å². The average molecular weight is 461 g/mol. The van der Waals surface area contributed by atoms with Crippen LogP contribution in [-0.4, -0.2) is 68.8 Å². The largest absolute Gasteiger partial charge is 0.465 e. The molecule has 6 heterocycles. The second-order valence-electron chi connectivity index (χ2n) is 9.34. The van der Waals surface area contributed by atoms with Gasteiger partial charge in [0, 0.05) is 43.5 Å². The third kappa shape index (κ3) is 3.22. The topological polar surface area (TPSA) is 112 Å². The lowest BCUT2D eigenvalue weighted by Gasteiger charge is -2.34. The zero-order valence-electron chi connectivity index (χ0n) is 17.5. The maximum absolute atomic E-state index is 13.4. The molecule has 174 valence electrons. The summed E-state index contributed by atoms with van der Waals surface area (Å²) in [5.41, 5.74) is 5.04. The smallest absolute Gasteiger partial charge is 0.419 e. The maximum atomic E-state index is 13.4. The minimum atomic E-state index is -4.63.